The van der Waals surface area contributed by atoms with Gasteiger partial charge in [0.15, 0.2) is 5.78 Å². The van der Waals surface area contributed by atoms with Crippen molar-refractivity contribution in [3.63, 3.8) is 0 Å². The molecule has 0 unspecified atom stereocenters. The van der Waals surface area contributed by atoms with Crippen LogP contribution in [0.1, 0.15) is 20.3 Å². The van der Waals surface area contributed by atoms with Gasteiger partial charge in [0.25, 0.3) is 0 Å². The Morgan fingerprint density at radius 2 is 1.64 bits per heavy atom. The van der Waals surface area contributed by atoms with Crippen molar-refractivity contribution in [2.45, 2.75) is 25.9 Å². The van der Waals surface area contributed by atoms with Crippen LogP contribution in [-0.4, -0.2) is 11.4 Å². The van der Waals surface area contributed by atoms with E-state index >= 15 is 0 Å². The third-order valence-electron chi connectivity index (χ3n) is 1.38. The summed E-state index contributed by atoms with van der Waals surface area (Å²) in [6.45, 7) is 2.84. The number of nitrogens with zero attached hydrogens (tertiary/aromatic N) is 2. The van der Waals surface area contributed by atoms with Gasteiger partial charge >= 0.3 is 108 Å². The van der Waals surface area contributed by atoms with Gasteiger partial charge in [0.05, 0.1) is 0 Å². The first-order valence-electron chi connectivity index (χ1n) is 3.32. The van der Waals surface area contributed by atoms with E-state index < -0.39 is 11.4 Å². The first kappa shape index (κ1) is 21.1. The number of hydrogen-bond donors (Lipinski definition) is 2. The fourth-order valence-electron chi connectivity index (χ4n) is 0.662. The Morgan fingerprint density at radius 3 is 1.86 bits per heavy atom. The summed E-state index contributed by atoms with van der Waals surface area (Å²) >= 11 is 0. The van der Waals surface area contributed by atoms with E-state index in [-0.39, 0.29) is 109 Å². The van der Waals surface area contributed by atoms with Gasteiger partial charge in [-0.1, -0.05) is 6.92 Å². The van der Waals surface area contributed by atoms with Crippen LogP contribution < -0.4 is 113 Å². The van der Waals surface area contributed by atoms with Crippen LogP contribution in [0.4, 0.5) is 0 Å². The van der Waals surface area contributed by atoms with Gasteiger partial charge in [0.2, 0.25) is 0 Å². The first-order chi connectivity index (χ1) is 5.60. The third kappa shape index (κ3) is 7.09. The Kier molecular flexibility index (Phi) is 16.9. The summed E-state index contributed by atoms with van der Waals surface area (Å²) in [5.74, 6) is -0.422. The average Bonchev–Trinajstić information content (AvgIpc) is 2.04. The third-order valence-corrected chi connectivity index (χ3v) is 1.38. The molecular formula is C5H10K2N4O3+2. The molecular weight excluding hydrogens is 242 g/mol. The molecule has 14 heavy (non-hydrogen) atoms. The Balaban J connectivity index is -0.000000605. The van der Waals surface area contributed by atoms with Crippen LogP contribution in [0.3, 0.4) is 0 Å². The minimum atomic E-state index is -1.63. The second-order valence-corrected chi connectivity index (χ2v) is 2.20. The molecule has 0 aromatic rings. The molecule has 0 aliphatic rings. The molecule has 0 radical (unpaired) electrons. The normalized spacial score (nSPS) is 11.0. The van der Waals surface area contributed by atoms with Crippen LogP contribution in [0, 0.1) is 10.4 Å². The van der Waals surface area contributed by atoms with E-state index in [2.05, 4.69) is 10.2 Å². The smallest absolute Gasteiger partial charge is 0.602 e. The zero-order valence-corrected chi connectivity index (χ0v) is 15.1. The SMILES string of the molecule is CCC(=O)C(C)(/N=[NH+]/[O-])/N=[NH+]/[O-].[K+].[K+]. The standard InChI is InChI=1S/C5H10N4O3.2K/c1-3-4(10)5(2,6-8-11)7-9-12;;/h8-9H,3H2,1-2H3;;/q;2*+1. The van der Waals surface area contributed by atoms with Gasteiger partial charge in [-0.3, -0.25) is 4.79 Å². The number of rotatable bonds is 4. The van der Waals surface area contributed by atoms with Crippen molar-refractivity contribution in [1.29, 1.82) is 0 Å². The molecule has 0 aliphatic carbocycles. The molecule has 0 atom stereocenters. The van der Waals surface area contributed by atoms with E-state index in [4.69, 9.17) is 0 Å². The average molecular weight is 252 g/mol. The Labute approximate surface area is 167 Å². The monoisotopic (exact) mass is 252 g/mol. The molecule has 9 heteroatoms. The van der Waals surface area contributed by atoms with Crippen LogP contribution in [0.2, 0.25) is 0 Å². The van der Waals surface area contributed by atoms with Crippen molar-refractivity contribution >= 4 is 5.78 Å². The van der Waals surface area contributed by atoms with E-state index in [0.717, 1.165) is 0 Å². The molecule has 0 saturated carbocycles. The molecule has 0 spiro atoms. The summed E-state index contributed by atoms with van der Waals surface area (Å²) in [4.78, 5) is 11.1. The first-order valence-corrected chi connectivity index (χ1v) is 3.32. The predicted octanol–water partition coefficient (Wildman–Crippen LogP) is -8.25. The molecule has 0 fully saturated rings. The second kappa shape index (κ2) is 11.2. The topological polar surface area (TPSA) is 116 Å². The maximum Gasteiger partial charge on any atom is 1.00 e. The molecule has 0 saturated heterocycles. The van der Waals surface area contributed by atoms with E-state index in [1.165, 1.54) is 17.5 Å². The number of carbonyl (C=O) groups excluding carboxylic acids is 1. The fourth-order valence-corrected chi connectivity index (χ4v) is 0.662. The molecule has 0 aliphatic heterocycles. The minimum absolute atomic E-state index is 0. The quantitative estimate of drug-likeness (QED) is 0.294. The maximum atomic E-state index is 11.1. The van der Waals surface area contributed by atoms with Gasteiger partial charge in [0.1, 0.15) is 0 Å². The number of hydrogen-bond acceptors (Lipinski definition) is 5. The predicted molar refractivity (Wildman–Crippen MR) is 37.2 cm³/mol. The summed E-state index contributed by atoms with van der Waals surface area (Å²) < 4.78 is 0. The Morgan fingerprint density at radius 1 is 1.29 bits per heavy atom. The van der Waals surface area contributed by atoms with E-state index in [1.54, 1.807) is 6.92 Å². The summed E-state index contributed by atoms with van der Waals surface area (Å²) in [6, 6.07) is 0. The second-order valence-electron chi connectivity index (χ2n) is 2.20. The van der Waals surface area contributed by atoms with Crippen molar-refractivity contribution in [3.8, 4) is 0 Å². The minimum Gasteiger partial charge on any atom is -0.602 e. The van der Waals surface area contributed by atoms with Crippen LogP contribution in [0.25, 0.3) is 0 Å². The molecule has 0 aromatic heterocycles. The van der Waals surface area contributed by atoms with Crippen LogP contribution in [0.15, 0.2) is 10.2 Å². The molecule has 7 nitrogen and oxygen atoms in total. The zero-order chi connectivity index (χ0) is 9.61. The van der Waals surface area contributed by atoms with Gasteiger partial charge in [-0.25, -0.2) is 0 Å². The summed E-state index contributed by atoms with van der Waals surface area (Å²) in [7, 11) is 0. The number of Topliss-reactive ketones (excluding diaryl/α,β-unsaturated/α-hetero) is 1. The number of carbonyl (C=O) groups is 1. The van der Waals surface area contributed by atoms with Crippen molar-refractivity contribution < 1.29 is 118 Å². The largest absolute Gasteiger partial charge is 1.00 e. The summed E-state index contributed by atoms with van der Waals surface area (Å²) in [6.07, 6.45) is 0.146. The summed E-state index contributed by atoms with van der Waals surface area (Å²) in [5, 5.41) is 28.4. The molecule has 0 bridgehead atoms. The fraction of sp³-hybridized carbons (Fsp3) is 0.800. The summed E-state index contributed by atoms with van der Waals surface area (Å²) in [5.41, 5.74) is -1.63. The molecule has 68 valence electrons. The van der Waals surface area contributed by atoms with Crippen molar-refractivity contribution in [2.24, 2.45) is 10.2 Å². The van der Waals surface area contributed by atoms with E-state index in [1.807, 2.05) is 0 Å². The van der Waals surface area contributed by atoms with Crippen molar-refractivity contribution in [1.82, 2.24) is 0 Å². The number of ketones is 1. The molecule has 0 heterocycles. The van der Waals surface area contributed by atoms with Crippen LogP contribution >= 0.6 is 0 Å². The van der Waals surface area contributed by atoms with Gasteiger partial charge in [0, 0.05) is 23.6 Å². The van der Waals surface area contributed by atoms with Crippen molar-refractivity contribution in [3.05, 3.63) is 10.4 Å². The maximum absolute atomic E-state index is 11.1. The van der Waals surface area contributed by atoms with Gasteiger partial charge < -0.3 is 10.4 Å². The molecule has 0 aromatic carbocycles. The number of nitrogens with one attached hydrogen (secondary N) is 2. The van der Waals surface area contributed by atoms with E-state index in [9.17, 15) is 15.2 Å². The van der Waals surface area contributed by atoms with Crippen LogP contribution in [0.5, 0.6) is 0 Å². The van der Waals surface area contributed by atoms with Gasteiger partial charge in [-0.2, -0.15) is 0 Å². The molecule has 0 rings (SSSR count). The van der Waals surface area contributed by atoms with E-state index in [0.29, 0.717) is 0 Å². The molecule has 2 N–H and O–H groups in total. The Hall–Kier alpha value is 1.74. The molecule has 0 amide bonds. The van der Waals surface area contributed by atoms with Gasteiger partial charge in [-0.05, 0) is 0 Å². The zero-order valence-electron chi connectivity index (χ0n) is 8.83. The van der Waals surface area contributed by atoms with Gasteiger partial charge in [-0.15, -0.1) is 10.6 Å². The Bertz CT molecular complexity index is 209. The van der Waals surface area contributed by atoms with Crippen LogP contribution in [-0.2, 0) is 4.79 Å². The van der Waals surface area contributed by atoms with Crippen molar-refractivity contribution in [2.75, 3.05) is 0 Å².